The fraction of sp³-hybridized carbons (Fsp3) is 0.500. The summed E-state index contributed by atoms with van der Waals surface area (Å²) < 4.78 is 1.00. The Labute approximate surface area is 111 Å². The molecule has 0 unspecified atom stereocenters. The highest BCUT2D eigenvalue weighted by atomic mass is 79.9. The lowest BCUT2D eigenvalue weighted by Gasteiger charge is -2.20. The Hall–Kier alpha value is -0.830. The molecule has 3 heteroatoms. The van der Waals surface area contributed by atoms with Crippen molar-refractivity contribution in [2.24, 2.45) is 5.41 Å². The van der Waals surface area contributed by atoms with E-state index in [1.165, 1.54) is 0 Å². The lowest BCUT2D eigenvalue weighted by Crippen LogP contribution is -2.30. The molecule has 0 aliphatic carbocycles. The summed E-state index contributed by atoms with van der Waals surface area (Å²) in [4.78, 5) is 14.3. The molecule has 1 aromatic carbocycles. The number of rotatable bonds is 1. The van der Waals surface area contributed by atoms with Gasteiger partial charge in [0.1, 0.15) is 0 Å². The van der Waals surface area contributed by atoms with Crippen LogP contribution in [-0.2, 0) is 0 Å². The van der Waals surface area contributed by atoms with Crippen LogP contribution in [0.3, 0.4) is 0 Å². The van der Waals surface area contributed by atoms with Gasteiger partial charge in [-0.2, -0.15) is 0 Å². The molecule has 0 saturated carbocycles. The molecule has 1 saturated heterocycles. The molecule has 1 amide bonds. The van der Waals surface area contributed by atoms with Crippen molar-refractivity contribution >= 4 is 21.8 Å². The monoisotopic (exact) mass is 295 g/mol. The first-order valence-corrected chi connectivity index (χ1v) is 6.74. The summed E-state index contributed by atoms with van der Waals surface area (Å²) in [5, 5.41) is 0. The largest absolute Gasteiger partial charge is 0.338 e. The summed E-state index contributed by atoms with van der Waals surface area (Å²) in [6.07, 6.45) is 1.09. The quantitative estimate of drug-likeness (QED) is 0.775. The highest BCUT2D eigenvalue weighted by molar-refractivity contribution is 9.10. The molecular weight excluding hydrogens is 278 g/mol. The highest BCUT2D eigenvalue weighted by Crippen LogP contribution is 2.30. The van der Waals surface area contributed by atoms with Crippen LogP contribution in [0.4, 0.5) is 0 Å². The molecule has 17 heavy (non-hydrogen) atoms. The fourth-order valence-corrected chi connectivity index (χ4v) is 2.57. The van der Waals surface area contributed by atoms with Gasteiger partial charge in [-0.05, 0) is 36.5 Å². The molecule has 1 aliphatic heterocycles. The van der Waals surface area contributed by atoms with Crippen molar-refractivity contribution in [1.29, 1.82) is 0 Å². The number of nitrogens with zero attached hydrogens (tertiary/aromatic N) is 1. The molecule has 92 valence electrons. The van der Waals surface area contributed by atoms with Crippen LogP contribution in [0.15, 0.2) is 22.7 Å². The van der Waals surface area contributed by atoms with Crippen LogP contribution >= 0.6 is 15.9 Å². The first-order valence-electron chi connectivity index (χ1n) is 5.94. The minimum atomic E-state index is 0.149. The van der Waals surface area contributed by atoms with Gasteiger partial charge in [-0.25, -0.2) is 0 Å². The van der Waals surface area contributed by atoms with Crippen LogP contribution in [0.25, 0.3) is 0 Å². The Morgan fingerprint density at radius 2 is 2.12 bits per heavy atom. The van der Waals surface area contributed by atoms with Gasteiger partial charge >= 0.3 is 0 Å². The molecule has 1 aromatic rings. The molecule has 0 N–H and O–H groups in total. The Bertz CT molecular complexity index is 454. The zero-order valence-corrected chi connectivity index (χ0v) is 12.2. The van der Waals surface area contributed by atoms with E-state index >= 15 is 0 Å². The second-order valence-corrected chi connectivity index (χ2v) is 6.46. The van der Waals surface area contributed by atoms with Gasteiger partial charge in [0, 0.05) is 23.1 Å². The maximum Gasteiger partial charge on any atom is 0.253 e. The topological polar surface area (TPSA) is 20.3 Å². The van der Waals surface area contributed by atoms with Crippen LogP contribution in [0.1, 0.15) is 36.2 Å². The average Bonchev–Trinajstić information content (AvgIpc) is 2.62. The first kappa shape index (κ1) is 12.6. The van der Waals surface area contributed by atoms with Crippen molar-refractivity contribution in [2.45, 2.75) is 27.2 Å². The summed E-state index contributed by atoms with van der Waals surface area (Å²) in [7, 11) is 0. The van der Waals surface area contributed by atoms with E-state index < -0.39 is 0 Å². The normalized spacial score (nSPS) is 18.5. The van der Waals surface area contributed by atoms with Gasteiger partial charge in [0.15, 0.2) is 0 Å². The molecule has 0 aromatic heterocycles. The van der Waals surface area contributed by atoms with Crippen molar-refractivity contribution in [1.82, 2.24) is 4.90 Å². The average molecular weight is 296 g/mol. The van der Waals surface area contributed by atoms with Crippen molar-refractivity contribution in [3.8, 4) is 0 Å². The third kappa shape index (κ3) is 2.71. The maximum absolute atomic E-state index is 12.3. The third-order valence-electron chi connectivity index (χ3n) is 3.38. The van der Waals surface area contributed by atoms with Crippen LogP contribution in [0, 0.1) is 12.3 Å². The number of amides is 1. The van der Waals surface area contributed by atoms with E-state index in [9.17, 15) is 4.79 Å². The minimum absolute atomic E-state index is 0.149. The van der Waals surface area contributed by atoms with Crippen LogP contribution < -0.4 is 0 Å². The molecule has 1 fully saturated rings. The van der Waals surface area contributed by atoms with Gasteiger partial charge in [0.05, 0.1) is 0 Å². The smallest absolute Gasteiger partial charge is 0.253 e. The standard InChI is InChI=1S/C14H18BrNO/c1-10-4-5-11(8-12(10)15)13(17)16-7-6-14(2,3)9-16/h4-5,8H,6-7,9H2,1-3H3. The summed E-state index contributed by atoms with van der Waals surface area (Å²) in [5.74, 6) is 0.149. The Balaban J connectivity index is 2.18. The van der Waals surface area contributed by atoms with Crippen molar-refractivity contribution in [2.75, 3.05) is 13.1 Å². The zero-order chi connectivity index (χ0) is 12.6. The van der Waals surface area contributed by atoms with E-state index in [0.29, 0.717) is 0 Å². The highest BCUT2D eigenvalue weighted by Gasteiger charge is 2.32. The van der Waals surface area contributed by atoms with Crippen LogP contribution in [0.5, 0.6) is 0 Å². The number of aryl methyl sites for hydroxylation is 1. The molecule has 2 nitrogen and oxygen atoms in total. The zero-order valence-electron chi connectivity index (χ0n) is 10.6. The predicted octanol–water partition coefficient (Wildman–Crippen LogP) is 3.63. The Morgan fingerprint density at radius 1 is 1.41 bits per heavy atom. The van der Waals surface area contributed by atoms with Crippen molar-refractivity contribution in [3.05, 3.63) is 33.8 Å². The van der Waals surface area contributed by atoms with Gasteiger partial charge in [0.2, 0.25) is 0 Å². The van der Waals surface area contributed by atoms with Gasteiger partial charge < -0.3 is 4.90 Å². The number of benzene rings is 1. The first-order chi connectivity index (χ1) is 7.89. The molecule has 0 bridgehead atoms. The molecule has 0 spiro atoms. The fourth-order valence-electron chi connectivity index (χ4n) is 2.19. The van der Waals surface area contributed by atoms with Gasteiger partial charge in [-0.1, -0.05) is 35.8 Å². The molecule has 1 heterocycles. The Morgan fingerprint density at radius 3 is 2.65 bits per heavy atom. The SMILES string of the molecule is Cc1ccc(C(=O)N2CCC(C)(C)C2)cc1Br. The van der Waals surface area contributed by atoms with E-state index in [-0.39, 0.29) is 11.3 Å². The third-order valence-corrected chi connectivity index (χ3v) is 4.24. The van der Waals surface area contributed by atoms with Crippen molar-refractivity contribution in [3.63, 3.8) is 0 Å². The number of likely N-dealkylation sites (tertiary alicyclic amines) is 1. The van der Waals surface area contributed by atoms with E-state index in [4.69, 9.17) is 0 Å². The number of carbonyl (C=O) groups is 1. The van der Waals surface area contributed by atoms with Crippen molar-refractivity contribution < 1.29 is 4.79 Å². The minimum Gasteiger partial charge on any atom is -0.338 e. The maximum atomic E-state index is 12.3. The van der Waals surface area contributed by atoms with Crippen LogP contribution in [0.2, 0.25) is 0 Å². The number of hydrogen-bond donors (Lipinski definition) is 0. The molecule has 0 atom stereocenters. The molecule has 1 aliphatic rings. The van der Waals surface area contributed by atoms with E-state index in [1.54, 1.807) is 0 Å². The number of carbonyl (C=O) groups excluding carboxylic acids is 1. The summed E-state index contributed by atoms with van der Waals surface area (Å²) in [6, 6.07) is 5.81. The lowest BCUT2D eigenvalue weighted by molar-refractivity contribution is 0.0778. The Kier molecular flexibility index (Phi) is 3.30. The molecular formula is C14H18BrNO. The predicted molar refractivity (Wildman–Crippen MR) is 73.2 cm³/mol. The van der Waals surface area contributed by atoms with Crippen LogP contribution in [-0.4, -0.2) is 23.9 Å². The van der Waals surface area contributed by atoms with E-state index in [1.807, 2.05) is 30.0 Å². The summed E-state index contributed by atoms with van der Waals surface area (Å²) in [5.41, 5.74) is 2.20. The molecule has 2 rings (SSSR count). The lowest BCUT2D eigenvalue weighted by atomic mass is 9.93. The second kappa shape index (κ2) is 4.45. The number of halogens is 1. The number of hydrogen-bond acceptors (Lipinski definition) is 1. The van der Waals surface area contributed by atoms with E-state index in [0.717, 1.165) is 35.1 Å². The second-order valence-electron chi connectivity index (χ2n) is 5.60. The van der Waals surface area contributed by atoms with Gasteiger partial charge in [-0.15, -0.1) is 0 Å². The van der Waals surface area contributed by atoms with E-state index in [2.05, 4.69) is 29.8 Å². The summed E-state index contributed by atoms with van der Waals surface area (Å²) >= 11 is 3.47. The summed E-state index contributed by atoms with van der Waals surface area (Å²) in [6.45, 7) is 8.18. The molecule has 0 radical (unpaired) electrons. The van der Waals surface area contributed by atoms with Gasteiger partial charge in [-0.3, -0.25) is 4.79 Å². The van der Waals surface area contributed by atoms with Gasteiger partial charge in [0.25, 0.3) is 5.91 Å².